The van der Waals surface area contributed by atoms with Crippen molar-refractivity contribution < 1.29 is 9.90 Å². The molecular weight excluding hydrogens is 368 g/mol. The summed E-state index contributed by atoms with van der Waals surface area (Å²) in [6.07, 6.45) is 0. The summed E-state index contributed by atoms with van der Waals surface area (Å²) >= 11 is 11.3. The van der Waals surface area contributed by atoms with E-state index in [9.17, 15) is 9.90 Å². The lowest BCUT2D eigenvalue weighted by Crippen LogP contribution is -2.34. The highest BCUT2D eigenvalue weighted by Gasteiger charge is 2.19. The number of carbonyl (C=O) groups is 1. The molecular formula is C20H23ClN2O2S. The Morgan fingerprint density at radius 3 is 2.19 bits per heavy atom. The van der Waals surface area contributed by atoms with E-state index in [0.717, 1.165) is 16.7 Å². The number of rotatable bonds is 2. The van der Waals surface area contributed by atoms with Crippen LogP contribution in [0.5, 0.6) is 5.75 Å². The van der Waals surface area contributed by atoms with Gasteiger partial charge < -0.3 is 10.4 Å². The van der Waals surface area contributed by atoms with Gasteiger partial charge in [-0.25, -0.2) is 0 Å². The Hall–Kier alpha value is -2.11. The van der Waals surface area contributed by atoms with Crippen molar-refractivity contribution in [1.29, 1.82) is 0 Å². The van der Waals surface area contributed by atoms with Crippen molar-refractivity contribution in [2.45, 2.75) is 40.0 Å². The molecule has 4 nitrogen and oxygen atoms in total. The van der Waals surface area contributed by atoms with E-state index in [-0.39, 0.29) is 27.2 Å². The Kier molecular flexibility index (Phi) is 5.94. The molecule has 2 rings (SSSR count). The van der Waals surface area contributed by atoms with Gasteiger partial charge in [0, 0.05) is 5.56 Å². The molecule has 0 aliphatic carbocycles. The number of phenols is 1. The average molecular weight is 391 g/mol. The smallest absolute Gasteiger partial charge is 0.257 e. The van der Waals surface area contributed by atoms with Crippen molar-refractivity contribution >= 4 is 40.5 Å². The third kappa shape index (κ3) is 4.96. The molecule has 3 N–H and O–H groups in total. The first kappa shape index (κ1) is 20.2. The van der Waals surface area contributed by atoms with Gasteiger partial charge >= 0.3 is 0 Å². The molecule has 138 valence electrons. The molecule has 6 heteroatoms. The van der Waals surface area contributed by atoms with Crippen LogP contribution in [0, 0.1) is 13.8 Å². The molecule has 26 heavy (non-hydrogen) atoms. The number of anilines is 1. The van der Waals surface area contributed by atoms with Crippen LogP contribution in [0.4, 0.5) is 5.69 Å². The summed E-state index contributed by atoms with van der Waals surface area (Å²) in [5.74, 6) is -0.422. The summed E-state index contributed by atoms with van der Waals surface area (Å²) in [5, 5.41) is 16.0. The van der Waals surface area contributed by atoms with Crippen LogP contribution in [-0.4, -0.2) is 16.1 Å². The second kappa shape index (κ2) is 7.64. The van der Waals surface area contributed by atoms with Gasteiger partial charge in [-0.1, -0.05) is 49.6 Å². The number of benzene rings is 2. The van der Waals surface area contributed by atoms with E-state index < -0.39 is 0 Å². The molecule has 2 aromatic carbocycles. The van der Waals surface area contributed by atoms with E-state index in [1.807, 2.05) is 40.7 Å². The molecule has 0 spiro atoms. The number of thiocarbonyl (C=S) groups is 1. The van der Waals surface area contributed by atoms with Crippen molar-refractivity contribution in [2.75, 3.05) is 5.32 Å². The van der Waals surface area contributed by atoms with Crippen LogP contribution < -0.4 is 10.6 Å². The van der Waals surface area contributed by atoms with Crippen molar-refractivity contribution in [1.82, 2.24) is 5.32 Å². The van der Waals surface area contributed by atoms with Gasteiger partial charge in [0.25, 0.3) is 5.91 Å². The Bertz CT molecular complexity index is 853. The van der Waals surface area contributed by atoms with Gasteiger partial charge in [0.2, 0.25) is 0 Å². The highest BCUT2D eigenvalue weighted by atomic mass is 35.5. The number of halogens is 1. The fraction of sp³-hybridized carbons (Fsp3) is 0.300. The van der Waals surface area contributed by atoms with Crippen molar-refractivity contribution in [3.63, 3.8) is 0 Å². The van der Waals surface area contributed by atoms with Crippen molar-refractivity contribution in [3.05, 3.63) is 57.6 Å². The highest BCUT2D eigenvalue weighted by molar-refractivity contribution is 7.80. The number of aromatic hydroxyl groups is 1. The SMILES string of the molecule is Cc1cc(C)cc(C(=O)NC(=S)Nc2cc(C(C)(C)C)cc(Cl)c2O)c1. The predicted molar refractivity (Wildman–Crippen MR) is 111 cm³/mol. The lowest BCUT2D eigenvalue weighted by Gasteiger charge is -2.21. The Morgan fingerprint density at radius 2 is 1.65 bits per heavy atom. The second-order valence-electron chi connectivity index (χ2n) is 7.39. The summed E-state index contributed by atoms with van der Waals surface area (Å²) in [6, 6.07) is 9.07. The number of carbonyl (C=O) groups excluding carboxylic acids is 1. The molecule has 0 atom stereocenters. The van der Waals surface area contributed by atoms with Crippen LogP contribution >= 0.6 is 23.8 Å². The largest absolute Gasteiger partial charge is 0.504 e. The van der Waals surface area contributed by atoms with E-state index in [1.54, 1.807) is 24.3 Å². The second-order valence-corrected chi connectivity index (χ2v) is 8.20. The first-order valence-electron chi connectivity index (χ1n) is 8.21. The van der Waals surface area contributed by atoms with E-state index in [1.165, 1.54) is 0 Å². The Morgan fingerprint density at radius 1 is 1.08 bits per heavy atom. The molecule has 0 fully saturated rings. The minimum atomic E-state index is -0.313. The quantitative estimate of drug-likeness (QED) is 0.494. The first-order chi connectivity index (χ1) is 12.0. The average Bonchev–Trinajstić information content (AvgIpc) is 2.49. The third-order valence-corrected chi connectivity index (χ3v) is 4.38. The number of aryl methyl sites for hydroxylation is 2. The number of hydrogen-bond acceptors (Lipinski definition) is 3. The van der Waals surface area contributed by atoms with Crippen molar-refractivity contribution in [3.8, 4) is 5.75 Å². The number of phenolic OH excluding ortho intramolecular Hbond substituents is 1. The Balaban J connectivity index is 2.19. The van der Waals surface area contributed by atoms with Gasteiger partial charge in [0.1, 0.15) is 0 Å². The molecule has 1 amide bonds. The fourth-order valence-corrected chi connectivity index (χ4v) is 2.98. The lowest BCUT2D eigenvalue weighted by atomic mass is 9.87. The van der Waals surface area contributed by atoms with E-state index in [4.69, 9.17) is 23.8 Å². The minimum absolute atomic E-state index is 0.0894. The maximum absolute atomic E-state index is 12.4. The van der Waals surface area contributed by atoms with Gasteiger partial charge in [0.15, 0.2) is 10.9 Å². The molecule has 0 aliphatic heterocycles. The zero-order chi connectivity index (χ0) is 19.6. The van der Waals surface area contributed by atoms with Gasteiger partial charge in [-0.05, 0) is 61.3 Å². The molecule has 0 bridgehead atoms. The van der Waals surface area contributed by atoms with Gasteiger partial charge in [0.05, 0.1) is 10.7 Å². The minimum Gasteiger partial charge on any atom is -0.504 e. The maximum Gasteiger partial charge on any atom is 0.257 e. The van der Waals surface area contributed by atoms with E-state index in [2.05, 4.69) is 10.6 Å². The molecule has 0 saturated carbocycles. The van der Waals surface area contributed by atoms with E-state index >= 15 is 0 Å². The molecule has 2 aromatic rings. The Labute approximate surface area is 164 Å². The topological polar surface area (TPSA) is 61.4 Å². The van der Waals surface area contributed by atoms with Crippen LogP contribution in [0.3, 0.4) is 0 Å². The third-order valence-electron chi connectivity index (χ3n) is 3.89. The summed E-state index contributed by atoms with van der Waals surface area (Å²) in [6.45, 7) is 9.98. The number of hydrogen-bond donors (Lipinski definition) is 3. The first-order valence-corrected chi connectivity index (χ1v) is 8.99. The summed E-state index contributed by atoms with van der Waals surface area (Å²) in [4.78, 5) is 12.4. The van der Waals surface area contributed by atoms with Crippen molar-refractivity contribution in [2.24, 2.45) is 0 Å². The van der Waals surface area contributed by atoms with Crippen LogP contribution in [0.25, 0.3) is 0 Å². The van der Waals surface area contributed by atoms with Gasteiger partial charge in [-0.15, -0.1) is 0 Å². The lowest BCUT2D eigenvalue weighted by molar-refractivity contribution is 0.0977. The van der Waals surface area contributed by atoms with Crippen LogP contribution in [0.15, 0.2) is 30.3 Å². The summed E-state index contributed by atoms with van der Waals surface area (Å²) < 4.78 is 0. The molecule has 0 aromatic heterocycles. The molecule has 0 heterocycles. The normalized spacial score (nSPS) is 11.2. The van der Waals surface area contributed by atoms with Gasteiger partial charge in [-0.2, -0.15) is 0 Å². The monoisotopic (exact) mass is 390 g/mol. The number of amides is 1. The molecule has 0 unspecified atom stereocenters. The number of nitrogens with one attached hydrogen (secondary N) is 2. The zero-order valence-electron chi connectivity index (χ0n) is 15.5. The molecule has 0 aliphatic rings. The van der Waals surface area contributed by atoms with Gasteiger partial charge in [-0.3, -0.25) is 10.1 Å². The highest BCUT2D eigenvalue weighted by Crippen LogP contribution is 2.37. The van der Waals surface area contributed by atoms with E-state index in [0.29, 0.717) is 11.3 Å². The van der Waals surface area contributed by atoms with Crippen LogP contribution in [-0.2, 0) is 5.41 Å². The molecule has 0 saturated heterocycles. The fourth-order valence-electron chi connectivity index (χ4n) is 2.56. The standard InChI is InChI=1S/C20H23ClN2O2S/c1-11-6-12(2)8-13(7-11)18(25)23-19(26)22-16-10-14(20(3,4)5)9-15(21)17(16)24/h6-10,24H,1-5H3,(H2,22,23,25,26). The van der Waals surface area contributed by atoms with Crippen LogP contribution in [0.2, 0.25) is 5.02 Å². The van der Waals surface area contributed by atoms with Crippen LogP contribution in [0.1, 0.15) is 47.8 Å². The summed E-state index contributed by atoms with van der Waals surface area (Å²) in [7, 11) is 0. The zero-order valence-corrected chi connectivity index (χ0v) is 17.1. The molecule has 0 radical (unpaired) electrons. The predicted octanol–water partition coefficient (Wildman–Crippen LogP) is 5.09. The summed E-state index contributed by atoms with van der Waals surface area (Å²) in [5.41, 5.74) is 3.65. The maximum atomic E-state index is 12.4.